The Morgan fingerprint density at radius 1 is 1.32 bits per heavy atom. The number of aliphatic hydroxyl groups excluding tert-OH is 1. The van der Waals surface area contributed by atoms with Gasteiger partial charge in [-0.1, -0.05) is 20.8 Å². The molecule has 120 valence electrons. The third kappa shape index (κ3) is 2.56. The number of aliphatic hydroxyl groups is 1. The molecule has 4 nitrogen and oxygen atoms in total. The van der Waals surface area contributed by atoms with Crippen molar-refractivity contribution >= 4 is 6.09 Å². The zero-order chi connectivity index (χ0) is 16.2. The van der Waals surface area contributed by atoms with Crippen molar-refractivity contribution in [3.63, 3.8) is 0 Å². The maximum Gasteiger partial charge on any atom is 0.417 e. The van der Waals surface area contributed by atoms with E-state index in [-0.39, 0.29) is 17.2 Å². The SMILES string of the molecule is CC(C)(C)c1c(F)cc(OC(=O)N2CC3CC3C2O)cc1F. The predicted octanol–water partition coefficient (Wildman–Crippen LogP) is 3.03. The van der Waals surface area contributed by atoms with Gasteiger partial charge in [0.25, 0.3) is 0 Å². The highest BCUT2D eigenvalue weighted by atomic mass is 19.1. The lowest BCUT2D eigenvalue weighted by molar-refractivity contribution is 0.0245. The summed E-state index contributed by atoms with van der Waals surface area (Å²) in [5, 5.41) is 9.88. The molecule has 1 aliphatic carbocycles. The van der Waals surface area contributed by atoms with Gasteiger partial charge >= 0.3 is 6.09 Å². The molecule has 0 bridgehead atoms. The van der Waals surface area contributed by atoms with E-state index in [1.807, 2.05) is 0 Å². The van der Waals surface area contributed by atoms with E-state index < -0.39 is 29.4 Å². The molecule has 0 spiro atoms. The van der Waals surface area contributed by atoms with Crippen LogP contribution in [-0.2, 0) is 5.41 Å². The van der Waals surface area contributed by atoms with Gasteiger partial charge in [-0.15, -0.1) is 0 Å². The highest BCUT2D eigenvalue weighted by molar-refractivity contribution is 5.71. The topological polar surface area (TPSA) is 49.8 Å². The van der Waals surface area contributed by atoms with Crippen molar-refractivity contribution in [3.8, 4) is 5.75 Å². The number of likely N-dealkylation sites (tertiary alicyclic amines) is 1. The van der Waals surface area contributed by atoms with Crippen molar-refractivity contribution in [2.45, 2.75) is 38.8 Å². The first-order valence-electron chi connectivity index (χ1n) is 7.34. The van der Waals surface area contributed by atoms with E-state index in [0.29, 0.717) is 12.5 Å². The van der Waals surface area contributed by atoms with Crippen LogP contribution >= 0.6 is 0 Å². The van der Waals surface area contributed by atoms with Crippen molar-refractivity contribution < 1.29 is 23.4 Å². The van der Waals surface area contributed by atoms with Crippen molar-refractivity contribution in [1.29, 1.82) is 0 Å². The predicted molar refractivity (Wildman–Crippen MR) is 75.4 cm³/mol. The van der Waals surface area contributed by atoms with Crippen LogP contribution in [0.5, 0.6) is 5.75 Å². The number of carbonyl (C=O) groups excluding carboxylic acids is 1. The lowest BCUT2D eigenvalue weighted by atomic mass is 9.86. The summed E-state index contributed by atoms with van der Waals surface area (Å²) >= 11 is 0. The van der Waals surface area contributed by atoms with Gasteiger partial charge in [0.15, 0.2) is 0 Å². The zero-order valence-corrected chi connectivity index (χ0v) is 12.8. The van der Waals surface area contributed by atoms with E-state index >= 15 is 0 Å². The van der Waals surface area contributed by atoms with Crippen LogP contribution < -0.4 is 4.74 Å². The Bertz CT molecular complexity index is 603. The molecule has 1 amide bonds. The molecule has 1 N–H and O–H groups in total. The standard InChI is InChI=1S/C16H19F2NO3/c1-16(2,3)13-11(17)5-9(6-12(13)18)22-15(21)19-7-8-4-10(8)14(19)20/h5-6,8,10,14,20H,4,7H2,1-3H3. The number of benzene rings is 1. The van der Waals surface area contributed by atoms with Crippen LogP contribution in [0.3, 0.4) is 0 Å². The number of hydrogen-bond acceptors (Lipinski definition) is 3. The van der Waals surface area contributed by atoms with Gasteiger partial charge in [-0.3, -0.25) is 4.90 Å². The minimum atomic E-state index is -0.860. The van der Waals surface area contributed by atoms with Crippen LogP contribution in [-0.4, -0.2) is 28.9 Å². The van der Waals surface area contributed by atoms with Gasteiger partial charge in [-0.05, 0) is 17.8 Å². The highest BCUT2D eigenvalue weighted by Gasteiger charge is 2.54. The second-order valence-corrected chi connectivity index (χ2v) is 7.11. The Balaban J connectivity index is 1.77. The van der Waals surface area contributed by atoms with Crippen molar-refractivity contribution in [2.24, 2.45) is 11.8 Å². The molecule has 1 heterocycles. The van der Waals surface area contributed by atoms with Gasteiger partial charge < -0.3 is 9.84 Å². The number of nitrogens with zero attached hydrogens (tertiary/aromatic N) is 1. The molecule has 2 aliphatic rings. The number of hydrogen-bond donors (Lipinski definition) is 1. The molecular weight excluding hydrogens is 292 g/mol. The number of halogens is 2. The Morgan fingerprint density at radius 3 is 2.36 bits per heavy atom. The monoisotopic (exact) mass is 311 g/mol. The minimum Gasteiger partial charge on any atom is -0.410 e. The first kappa shape index (κ1) is 15.2. The largest absolute Gasteiger partial charge is 0.417 e. The van der Waals surface area contributed by atoms with Gasteiger partial charge in [-0.25, -0.2) is 13.6 Å². The molecule has 1 saturated heterocycles. The van der Waals surface area contributed by atoms with Crippen molar-refractivity contribution in [2.75, 3.05) is 6.54 Å². The lowest BCUT2D eigenvalue weighted by Gasteiger charge is -2.23. The smallest absolute Gasteiger partial charge is 0.410 e. The molecule has 1 aromatic rings. The van der Waals surface area contributed by atoms with Gasteiger partial charge in [0, 0.05) is 30.2 Å². The van der Waals surface area contributed by atoms with Crippen LogP contribution in [0.15, 0.2) is 12.1 Å². The molecule has 1 saturated carbocycles. The molecule has 6 heteroatoms. The quantitative estimate of drug-likeness (QED) is 0.867. The summed E-state index contributed by atoms with van der Waals surface area (Å²) in [6.07, 6.45) is -0.725. The Hall–Kier alpha value is -1.69. The van der Waals surface area contributed by atoms with Gasteiger partial charge in [0.2, 0.25) is 0 Å². The first-order chi connectivity index (χ1) is 10.2. The fourth-order valence-electron chi connectivity index (χ4n) is 3.11. The average molecular weight is 311 g/mol. The molecule has 0 radical (unpaired) electrons. The van der Waals surface area contributed by atoms with Crippen molar-refractivity contribution in [1.82, 2.24) is 4.90 Å². The minimum absolute atomic E-state index is 0.0465. The van der Waals surface area contributed by atoms with E-state index in [0.717, 1.165) is 18.6 Å². The lowest BCUT2D eigenvalue weighted by Crippen LogP contribution is -2.40. The number of piperidine rings is 1. The normalized spacial score (nSPS) is 26.8. The van der Waals surface area contributed by atoms with E-state index in [2.05, 4.69) is 0 Å². The molecule has 3 atom stereocenters. The molecule has 22 heavy (non-hydrogen) atoms. The summed E-state index contributed by atoms with van der Waals surface area (Å²) in [4.78, 5) is 13.2. The second kappa shape index (κ2) is 4.91. The average Bonchev–Trinajstić information content (AvgIpc) is 3.05. The fourth-order valence-corrected chi connectivity index (χ4v) is 3.11. The molecule has 3 unspecified atom stereocenters. The Labute approximate surface area is 127 Å². The molecule has 2 fully saturated rings. The first-order valence-corrected chi connectivity index (χ1v) is 7.34. The third-order valence-electron chi connectivity index (χ3n) is 4.32. The number of ether oxygens (including phenoxy) is 1. The molecule has 1 aliphatic heterocycles. The Kier molecular flexibility index (Phi) is 3.40. The van der Waals surface area contributed by atoms with E-state index in [1.54, 1.807) is 20.8 Å². The third-order valence-corrected chi connectivity index (χ3v) is 4.32. The summed E-state index contributed by atoms with van der Waals surface area (Å²) in [6, 6.07) is 2.01. The number of amides is 1. The fraction of sp³-hybridized carbons (Fsp3) is 0.562. The van der Waals surface area contributed by atoms with Gasteiger partial charge in [-0.2, -0.15) is 0 Å². The van der Waals surface area contributed by atoms with Crippen molar-refractivity contribution in [3.05, 3.63) is 29.3 Å². The molecule has 0 aromatic heterocycles. The maximum absolute atomic E-state index is 14.1. The maximum atomic E-state index is 14.1. The van der Waals surface area contributed by atoms with E-state index in [1.165, 1.54) is 4.90 Å². The van der Waals surface area contributed by atoms with E-state index in [4.69, 9.17) is 4.74 Å². The van der Waals surface area contributed by atoms with Crippen LogP contribution in [0.25, 0.3) is 0 Å². The Morgan fingerprint density at radius 2 is 1.91 bits per heavy atom. The van der Waals surface area contributed by atoms with Crippen LogP contribution in [0.4, 0.5) is 13.6 Å². The van der Waals surface area contributed by atoms with Crippen LogP contribution in [0.1, 0.15) is 32.8 Å². The van der Waals surface area contributed by atoms with E-state index in [9.17, 15) is 18.7 Å². The zero-order valence-electron chi connectivity index (χ0n) is 12.8. The molecular formula is C16H19F2NO3. The number of carbonyl (C=O) groups is 1. The summed E-state index contributed by atoms with van der Waals surface area (Å²) in [6.45, 7) is 5.53. The van der Waals surface area contributed by atoms with Crippen LogP contribution in [0.2, 0.25) is 0 Å². The summed E-state index contributed by atoms with van der Waals surface area (Å²) in [5.74, 6) is -1.26. The highest BCUT2D eigenvalue weighted by Crippen LogP contribution is 2.48. The van der Waals surface area contributed by atoms with Gasteiger partial charge in [0.1, 0.15) is 23.6 Å². The summed E-state index contributed by atoms with van der Waals surface area (Å²) in [5.41, 5.74) is -0.738. The summed E-state index contributed by atoms with van der Waals surface area (Å²) in [7, 11) is 0. The summed E-state index contributed by atoms with van der Waals surface area (Å²) < 4.78 is 33.2. The molecule has 1 aromatic carbocycles. The second-order valence-electron chi connectivity index (χ2n) is 7.11. The molecule has 3 rings (SSSR count). The van der Waals surface area contributed by atoms with Crippen LogP contribution in [0, 0.1) is 23.5 Å². The number of fused-ring (bicyclic) bond motifs is 1. The number of rotatable bonds is 1. The van der Waals surface area contributed by atoms with Gasteiger partial charge in [0.05, 0.1) is 0 Å².